The second-order valence-electron chi connectivity index (χ2n) is 6.71. The summed E-state index contributed by atoms with van der Waals surface area (Å²) in [6.07, 6.45) is 0. The largest absolute Gasteiger partial charge is 0.368 e. The van der Waals surface area contributed by atoms with Crippen LogP contribution >= 0.6 is 22.9 Å². The predicted molar refractivity (Wildman–Crippen MR) is 114 cm³/mol. The Morgan fingerprint density at radius 3 is 2.52 bits per heavy atom. The average Bonchev–Trinajstić information content (AvgIpc) is 3.19. The maximum Gasteiger partial charge on any atom is 0.261 e. The lowest BCUT2D eigenvalue weighted by Crippen LogP contribution is -2.51. The van der Waals surface area contributed by atoms with Gasteiger partial charge in [0.1, 0.15) is 0 Å². The summed E-state index contributed by atoms with van der Waals surface area (Å²) >= 11 is 7.35. The third-order valence-electron chi connectivity index (χ3n) is 4.60. The van der Waals surface area contributed by atoms with Crippen molar-refractivity contribution in [3.63, 3.8) is 0 Å². The summed E-state index contributed by atoms with van der Waals surface area (Å²) < 4.78 is 0. The van der Waals surface area contributed by atoms with Gasteiger partial charge < -0.3 is 20.4 Å². The van der Waals surface area contributed by atoms with Gasteiger partial charge in [0.15, 0.2) is 0 Å². The van der Waals surface area contributed by atoms with Gasteiger partial charge in [-0.1, -0.05) is 17.7 Å². The number of carbonyl (C=O) groups is 3. The first-order valence-corrected chi connectivity index (χ1v) is 10.5. The highest BCUT2D eigenvalue weighted by Gasteiger charge is 2.22. The first-order valence-electron chi connectivity index (χ1n) is 9.32. The zero-order valence-corrected chi connectivity index (χ0v) is 17.7. The van der Waals surface area contributed by atoms with E-state index in [1.807, 2.05) is 24.3 Å². The highest BCUT2D eigenvalue weighted by Crippen LogP contribution is 2.21. The molecule has 2 heterocycles. The zero-order valence-electron chi connectivity index (χ0n) is 16.1. The molecule has 0 unspecified atom stereocenters. The molecule has 1 saturated heterocycles. The number of nitrogens with one attached hydrogen (secondary N) is 2. The van der Waals surface area contributed by atoms with Crippen LogP contribution in [0.1, 0.15) is 21.5 Å². The van der Waals surface area contributed by atoms with Crippen molar-refractivity contribution in [1.82, 2.24) is 15.5 Å². The van der Waals surface area contributed by atoms with E-state index in [0.717, 1.165) is 23.7 Å². The smallest absolute Gasteiger partial charge is 0.261 e. The molecule has 29 heavy (non-hydrogen) atoms. The Balaban J connectivity index is 1.44. The molecule has 1 aliphatic heterocycles. The molecule has 154 valence electrons. The summed E-state index contributed by atoms with van der Waals surface area (Å²) in [6.45, 7) is 4.44. The second-order valence-corrected chi connectivity index (χ2v) is 8.31. The molecule has 9 heteroatoms. The molecule has 1 aliphatic rings. The maximum absolute atomic E-state index is 12.4. The fraction of sp³-hybridized carbons (Fsp3) is 0.350. The fourth-order valence-corrected chi connectivity index (χ4v) is 4.10. The quantitative estimate of drug-likeness (QED) is 0.729. The molecule has 0 bridgehead atoms. The van der Waals surface area contributed by atoms with Gasteiger partial charge in [0, 0.05) is 48.7 Å². The molecule has 2 N–H and O–H groups in total. The Labute approximate surface area is 178 Å². The molecule has 1 fully saturated rings. The Morgan fingerprint density at radius 1 is 1.07 bits per heavy atom. The van der Waals surface area contributed by atoms with Gasteiger partial charge in [0.2, 0.25) is 11.8 Å². The maximum atomic E-state index is 12.4. The number of carbonyl (C=O) groups excluding carboxylic acids is 3. The Morgan fingerprint density at radius 2 is 1.83 bits per heavy atom. The number of benzene rings is 1. The number of rotatable bonds is 6. The van der Waals surface area contributed by atoms with E-state index in [0.29, 0.717) is 29.5 Å². The van der Waals surface area contributed by atoms with Crippen LogP contribution < -0.4 is 15.5 Å². The van der Waals surface area contributed by atoms with E-state index in [1.54, 1.807) is 17.0 Å². The van der Waals surface area contributed by atoms with Crippen LogP contribution in [0.15, 0.2) is 36.4 Å². The monoisotopic (exact) mass is 434 g/mol. The van der Waals surface area contributed by atoms with Crippen LogP contribution in [0.2, 0.25) is 5.02 Å². The minimum atomic E-state index is -0.282. The van der Waals surface area contributed by atoms with Crippen LogP contribution in [0.4, 0.5) is 5.69 Å². The van der Waals surface area contributed by atoms with Gasteiger partial charge in [0.05, 0.1) is 18.0 Å². The standard InChI is InChI=1S/C20H23ClN4O3S/c1-14(26)22-12-17-5-6-18(29-17)20(28)23-13-19(27)25-9-7-24(8-10-25)16-4-2-3-15(21)11-16/h2-6,11H,7-10,12-13H2,1H3,(H,22,26)(H,23,28). The normalized spacial score (nSPS) is 13.9. The minimum Gasteiger partial charge on any atom is -0.368 e. The van der Waals surface area contributed by atoms with Crippen LogP contribution in [0.25, 0.3) is 0 Å². The number of thiophene rings is 1. The van der Waals surface area contributed by atoms with E-state index in [2.05, 4.69) is 15.5 Å². The Bertz CT molecular complexity index is 893. The van der Waals surface area contributed by atoms with Crippen molar-refractivity contribution < 1.29 is 14.4 Å². The predicted octanol–water partition coefficient (Wildman–Crippen LogP) is 2.12. The first kappa shape index (κ1) is 21.1. The number of hydrogen-bond acceptors (Lipinski definition) is 5. The summed E-state index contributed by atoms with van der Waals surface area (Å²) in [4.78, 5) is 41.0. The number of amides is 3. The van der Waals surface area contributed by atoms with Crippen molar-refractivity contribution in [2.45, 2.75) is 13.5 Å². The topological polar surface area (TPSA) is 81.8 Å². The van der Waals surface area contributed by atoms with E-state index in [4.69, 9.17) is 11.6 Å². The molecule has 1 aromatic heterocycles. The Kier molecular flexibility index (Phi) is 7.11. The first-order chi connectivity index (χ1) is 13.9. The third kappa shape index (κ3) is 5.95. The molecule has 0 aliphatic carbocycles. The summed E-state index contributed by atoms with van der Waals surface area (Å²) in [5, 5.41) is 6.07. The lowest BCUT2D eigenvalue weighted by atomic mass is 10.2. The number of nitrogens with zero attached hydrogens (tertiary/aromatic N) is 2. The summed E-state index contributed by atoms with van der Waals surface area (Å²) in [7, 11) is 0. The van der Waals surface area contributed by atoms with E-state index in [9.17, 15) is 14.4 Å². The number of piperazine rings is 1. The minimum absolute atomic E-state index is 0.0328. The van der Waals surface area contributed by atoms with Crippen molar-refractivity contribution in [1.29, 1.82) is 0 Å². The number of halogens is 1. The second kappa shape index (κ2) is 9.76. The van der Waals surface area contributed by atoms with Crippen molar-refractivity contribution in [3.8, 4) is 0 Å². The van der Waals surface area contributed by atoms with E-state index in [-0.39, 0.29) is 24.3 Å². The van der Waals surface area contributed by atoms with Crippen LogP contribution in [0.5, 0.6) is 0 Å². The van der Waals surface area contributed by atoms with Gasteiger partial charge in [-0.3, -0.25) is 14.4 Å². The van der Waals surface area contributed by atoms with Gasteiger partial charge in [0.25, 0.3) is 5.91 Å². The lowest BCUT2D eigenvalue weighted by Gasteiger charge is -2.36. The summed E-state index contributed by atoms with van der Waals surface area (Å²) in [6, 6.07) is 11.2. The fourth-order valence-electron chi connectivity index (χ4n) is 3.05. The molecule has 3 amide bonds. The number of hydrogen-bond donors (Lipinski definition) is 2. The van der Waals surface area contributed by atoms with Crippen molar-refractivity contribution in [3.05, 3.63) is 51.2 Å². The van der Waals surface area contributed by atoms with Gasteiger partial charge in [-0.25, -0.2) is 0 Å². The van der Waals surface area contributed by atoms with Crippen molar-refractivity contribution in [2.24, 2.45) is 0 Å². The van der Waals surface area contributed by atoms with E-state index in [1.165, 1.54) is 18.3 Å². The molecule has 7 nitrogen and oxygen atoms in total. The van der Waals surface area contributed by atoms with E-state index < -0.39 is 0 Å². The van der Waals surface area contributed by atoms with Gasteiger partial charge >= 0.3 is 0 Å². The SMILES string of the molecule is CC(=O)NCc1ccc(C(=O)NCC(=O)N2CCN(c3cccc(Cl)c3)CC2)s1. The van der Waals surface area contributed by atoms with Crippen LogP contribution in [-0.4, -0.2) is 55.3 Å². The molecule has 0 saturated carbocycles. The molecular weight excluding hydrogens is 412 g/mol. The van der Waals surface area contributed by atoms with Crippen molar-refractivity contribution in [2.75, 3.05) is 37.6 Å². The molecule has 0 radical (unpaired) electrons. The molecule has 0 spiro atoms. The number of anilines is 1. The Hall–Kier alpha value is -2.58. The van der Waals surface area contributed by atoms with Gasteiger partial charge in [-0.2, -0.15) is 0 Å². The van der Waals surface area contributed by atoms with Crippen LogP contribution in [0.3, 0.4) is 0 Å². The highest BCUT2D eigenvalue weighted by molar-refractivity contribution is 7.14. The van der Waals surface area contributed by atoms with Gasteiger partial charge in [-0.15, -0.1) is 11.3 Å². The molecule has 1 aromatic carbocycles. The summed E-state index contributed by atoms with van der Waals surface area (Å²) in [5.74, 6) is -0.500. The van der Waals surface area contributed by atoms with E-state index >= 15 is 0 Å². The summed E-state index contributed by atoms with van der Waals surface area (Å²) in [5.41, 5.74) is 1.05. The molecule has 3 rings (SSSR count). The zero-order chi connectivity index (χ0) is 20.8. The van der Waals surface area contributed by atoms with Crippen LogP contribution in [0, 0.1) is 0 Å². The molecular formula is C20H23ClN4O3S. The average molecular weight is 435 g/mol. The highest BCUT2D eigenvalue weighted by atomic mass is 35.5. The van der Waals surface area contributed by atoms with Gasteiger partial charge in [-0.05, 0) is 30.3 Å². The molecule has 2 aromatic rings. The molecule has 0 atom stereocenters. The van der Waals surface area contributed by atoms with Crippen molar-refractivity contribution >= 4 is 46.3 Å². The third-order valence-corrected chi connectivity index (χ3v) is 5.92. The lowest BCUT2D eigenvalue weighted by molar-refractivity contribution is -0.130. The van der Waals surface area contributed by atoms with Crippen LogP contribution in [-0.2, 0) is 16.1 Å².